The third-order valence-electron chi connectivity index (χ3n) is 8.38. The van der Waals surface area contributed by atoms with Crippen LogP contribution in [0.2, 0.25) is 0 Å². The molecule has 6 rings (SSSR count). The van der Waals surface area contributed by atoms with Gasteiger partial charge in [-0.25, -0.2) is 9.37 Å². The maximum Gasteiger partial charge on any atom is 0.270 e. The Hall–Kier alpha value is -2.94. The lowest BCUT2D eigenvalue weighted by molar-refractivity contribution is -0.132. The van der Waals surface area contributed by atoms with Crippen molar-refractivity contribution >= 4 is 29.0 Å². The molecule has 1 aromatic carbocycles. The van der Waals surface area contributed by atoms with Crippen LogP contribution in [-0.4, -0.2) is 65.1 Å². The average Bonchev–Trinajstić information content (AvgIpc) is 3.71. The second-order valence-corrected chi connectivity index (χ2v) is 11.6. The van der Waals surface area contributed by atoms with Crippen molar-refractivity contribution in [3.05, 3.63) is 30.2 Å². The molecule has 0 radical (unpaired) electrons. The van der Waals surface area contributed by atoms with Crippen molar-refractivity contribution < 1.29 is 13.9 Å². The molecule has 1 N–H and O–H groups in total. The molecule has 0 bridgehead atoms. The van der Waals surface area contributed by atoms with Crippen LogP contribution in [0.15, 0.2) is 24.4 Å². The van der Waals surface area contributed by atoms with Crippen molar-refractivity contribution in [1.29, 1.82) is 0 Å². The molecule has 3 fully saturated rings. The lowest BCUT2D eigenvalue weighted by Crippen LogP contribution is -2.56. The number of hydrogen-bond donors (Lipinski definition) is 1. The normalized spacial score (nSPS) is 25.2. The van der Waals surface area contributed by atoms with Gasteiger partial charge < -0.3 is 19.9 Å². The molecule has 2 atom stereocenters. The Labute approximate surface area is 218 Å². The standard InChI is InChI=1S/C28H37FN6O2/c1-28(2)26(36)35(17-18-9-10-18)23-12-11-19(15-24(23)37-28)31-27-30-16-20(29)25(32-27)33(3)21-8-6-14-34-13-5-4-7-22(21)34/h11-12,15-16,18,21-22H,4-10,13-14,17H2,1-3H3,(H,30,31,32)/t21-,22+/m0/s1. The molecule has 2 aromatic rings. The summed E-state index contributed by atoms with van der Waals surface area (Å²) >= 11 is 0. The molecule has 8 nitrogen and oxygen atoms in total. The first-order valence-electron chi connectivity index (χ1n) is 13.7. The van der Waals surface area contributed by atoms with Crippen molar-refractivity contribution in [2.45, 2.75) is 76.5 Å². The smallest absolute Gasteiger partial charge is 0.270 e. The van der Waals surface area contributed by atoms with E-state index in [2.05, 4.69) is 20.2 Å². The number of hydrogen-bond acceptors (Lipinski definition) is 7. The number of halogens is 1. The van der Waals surface area contributed by atoms with E-state index in [1.165, 1.54) is 31.9 Å². The van der Waals surface area contributed by atoms with E-state index in [0.717, 1.165) is 50.3 Å². The van der Waals surface area contributed by atoms with Gasteiger partial charge in [-0.3, -0.25) is 9.69 Å². The minimum absolute atomic E-state index is 0.0126. The van der Waals surface area contributed by atoms with E-state index in [9.17, 15) is 9.18 Å². The monoisotopic (exact) mass is 508 g/mol. The quantitative estimate of drug-likeness (QED) is 0.605. The number of nitrogens with zero attached hydrogens (tertiary/aromatic N) is 5. The van der Waals surface area contributed by atoms with Crippen LogP contribution in [0.1, 0.15) is 58.8 Å². The number of anilines is 4. The summed E-state index contributed by atoms with van der Waals surface area (Å²) in [4.78, 5) is 28.3. The number of fused-ring (bicyclic) bond motifs is 2. The number of carbonyl (C=O) groups excluding carboxylic acids is 1. The maximum absolute atomic E-state index is 15.0. The van der Waals surface area contributed by atoms with E-state index in [-0.39, 0.29) is 11.9 Å². The molecule has 1 aliphatic carbocycles. The van der Waals surface area contributed by atoms with Gasteiger partial charge in [0.25, 0.3) is 5.91 Å². The third-order valence-corrected chi connectivity index (χ3v) is 8.38. The van der Waals surface area contributed by atoms with Gasteiger partial charge in [0.2, 0.25) is 5.95 Å². The van der Waals surface area contributed by atoms with Gasteiger partial charge in [-0.1, -0.05) is 6.42 Å². The summed E-state index contributed by atoms with van der Waals surface area (Å²) < 4.78 is 21.1. The van der Waals surface area contributed by atoms with E-state index in [1.807, 2.05) is 48.9 Å². The highest BCUT2D eigenvalue weighted by atomic mass is 19.1. The van der Waals surface area contributed by atoms with Crippen molar-refractivity contribution in [3.63, 3.8) is 0 Å². The van der Waals surface area contributed by atoms with Crippen LogP contribution in [-0.2, 0) is 4.79 Å². The number of nitrogens with one attached hydrogen (secondary N) is 1. The SMILES string of the molecule is CN(c1nc(Nc2ccc3c(c2)OC(C)(C)C(=O)N3CC2CC2)ncc1F)[C@H]1CCCN2CCCC[C@H]12. The summed E-state index contributed by atoms with van der Waals surface area (Å²) in [6.07, 6.45) is 9.36. The Morgan fingerprint density at radius 2 is 1.97 bits per heavy atom. The van der Waals surface area contributed by atoms with Crippen LogP contribution in [0.25, 0.3) is 0 Å². The van der Waals surface area contributed by atoms with Crippen LogP contribution in [0.4, 0.5) is 27.5 Å². The zero-order valence-electron chi connectivity index (χ0n) is 22.0. The number of amides is 1. The minimum Gasteiger partial charge on any atom is -0.476 e. The Kier molecular flexibility index (Phi) is 6.21. The maximum atomic E-state index is 15.0. The Morgan fingerprint density at radius 1 is 1.16 bits per heavy atom. The first-order chi connectivity index (χ1) is 17.8. The molecule has 4 aliphatic rings. The lowest BCUT2D eigenvalue weighted by Gasteiger charge is -2.47. The summed E-state index contributed by atoms with van der Waals surface area (Å²) in [5.41, 5.74) is 0.582. The van der Waals surface area contributed by atoms with Crippen molar-refractivity contribution in [2.75, 3.05) is 41.8 Å². The summed E-state index contributed by atoms with van der Waals surface area (Å²) in [5.74, 6) is 1.45. The largest absolute Gasteiger partial charge is 0.476 e. The highest BCUT2D eigenvalue weighted by Crippen LogP contribution is 2.42. The number of carbonyl (C=O) groups is 1. The zero-order valence-corrected chi connectivity index (χ0v) is 22.0. The molecule has 2 saturated heterocycles. The van der Waals surface area contributed by atoms with Crippen LogP contribution >= 0.6 is 0 Å². The predicted octanol–water partition coefficient (Wildman–Crippen LogP) is 4.73. The van der Waals surface area contributed by atoms with Crippen LogP contribution in [0.5, 0.6) is 5.75 Å². The van der Waals surface area contributed by atoms with Crippen LogP contribution in [0.3, 0.4) is 0 Å². The topological polar surface area (TPSA) is 73.8 Å². The average molecular weight is 509 g/mol. The molecule has 198 valence electrons. The molecule has 1 aromatic heterocycles. The molecule has 1 amide bonds. The van der Waals surface area contributed by atoms with Gasteiger partial charge in [0.05, 0.1) is 11.9 Å². The minimum atomic E-state index is -0.935. The Bertz CT molecular complexity index is 1180. The fourth-order valence-electron chi connectivity index (χ4n) is 6.22. The Morgan fingerprint density at radius 3 is 2.78 bits per heavy atom. The van der Waals surface area contributed by atoms with Gasteiger partial charge in [-0.2, -0.15) is 4.98 Å². The number of likely N-dealkylation sites (N-methyl/N-ethyl adjacent to an activating group) is 1. The second kappa shape index (κ2) is 9.42. The molecule has 3 aliphatic heterocycles. The van der Waals surface area contributed by atoms with Crippen molar-refractivity contribution in [3.8, 4) is 5.75 Å². The van der Waals surface area contributed by atoms with Crippen molar-refractivity contribution in [2.24, 2.45) is 5.92 Å². The third kappa shape index (κ3) is 4.74. The highest BCUT2D eigenvalue weighted by Gasteiger charge is 2.43. The van der Waals surface area contributed by atoms with Gasteiger partial charge in [0.1, 0.15) is 5.75 Å². The van der Waals surface area contributed by atoms with Gasteiger partial charge in [-0.05, 0) is 83.5 Å². The van der Waals surface area contributed by atoms with E-state index in [0.29, 0.717) is 29.5 Å². The van der Waals surface area contributed by atoms with Gasteiger partial charge >= 0.3 is 0 Å². The molecular formula is C28H37FN6O2. The summed E-state index contributed by atoms with van der Waals surface area (Å²) in [6, 6.07) is 6.36. The first-order valence-corrected chi connectivity index (χ1v) is 13.7. The molecule has 9 heteroatoms. The van der Waals surface area contributed by atoms with Gasteiger partial charge in [0.15, 0.2) is 17.2 Å². The number of ether oxygens (including phenoxy) is 1. The number of piperidine rings is 2. The first kappa shape index (κ1) is 24.4. The molecule has 0 spiro atoms. The van der Waals surface area contributed by atoms with Crippen molar-refractivity contribution in [1.82, 2.24) is 14.9 Å². The van der Waals surface area contributed by atoms with Crippen LogP contribution < -0.4 is 19.9 Å². The highest BCUT2D eigenvalue weighted by molar-refractivity contribution is 6.02. The lowest BCUT2D eigenvalue weighted by atomic mass is 9.88. The zero-order chi connectivity index (χ0) is 25.7. The van der Waals surface area contributed by atoms with E-state index >= 15 is 0 Å². The summed E-state index contributed by atoms with van der Waals surface area (Å²) in [7, 11) is 1.96. The van der Waals surface area contributed by atoms with Crippen LogP contribution in [0, 0.1) is 11.7 Å². The molecule has 0 unspecified atom stereocenters. The fraction of sp³-hybridized carbons (Fsp3) is 0.607. The van der Waals surface area contributed by atoms with Gasteiger partial charge in [0, 0.05) is 37.4 Å². The molecule has 4 heterocycles. The number of rotatable bonds is 6. The summed E-state index contributed by atoms with van der Waals surface area (Å²) in [6.45, 7) is 6.61. The number of aromatic nitrogens is 2. The fourth-order valence-corrected chi connectivity index (χ4v) is 6.22. The molecule has 1 saturated carbocycles. The van der Waals surface area contributed by atoms with E-state index in [1.54, 1.807) is 0 Å². The van der Waals surface area contributed by atoms with Gasteiger partial charge in [-0.15, -0.1) is 0 Å². The Balaban J connectivity index is 1.23. The second-order valence-electron chi connectivity index (χ2n) is 11.6. The molecular weight excluding hydrogens is 471 g/mol. The summed E-state index contributed by atoms with van der Waals surface area (Å²) in [5, 5.41) is 3.23. The van der Waals surface area contributed by atoms with E-state index in [4.69, 9.17) is 4.74 Å². The molecule has 37 heavy (non-hydrogen) atoms. The number of benzene rings is 1. The predicted molar refractivity (Wildman–Crippen MR) is 142 cm³/mol. The van der Waals surface area contributed by atoms with E-state index < -0.39 is 11.4 Å².